The molecule has 0 aromatic heterocycles. The molecule has 70 valence electrons. The minimum absolute atomic E-state index is 0.0232. The maximum Gasteiger partial charge on any atom is 0.239 e. The maximum absolute atomic E-state index is 11.4. The molecule has 0 bridgehead atoms. The summed E-state index contributed by atoms with van der Waals surface area (Å²) < 4.78 is 0. The van der Waals surface area contributed by atoms with Gasteiger partial charge in [0.1, 0.15) is 0 Å². The van der Waals surface area contributed by atoms with Crippen molar-refractivity contribution in [2.75, 3.05) is 7.05 Å². The predicted molar refractivity (Wildman–Crippen MR) is 50.7 cm³/mol. The van der Waals surface area contributed by atoms with Crippen LogP contribution in [0.4, 0.5) is 0 Å². The fourth-order valence-electron chi connectivity index (χ4n) is 0.796. The molecule has 0 aromatic rings. The zero-order valence-corrected chi connectivity index (χ0v) is 8.08. The average molecular weight is 170 g/mol. The van der Waals surface area contributed by atoms with E-state index in [1.807, 2.05) is 13.8 Å². The SMILES string of the molecule is C=CCC(N)C(=O)N(C)C(C)C. The molecule has 0 fully saturated rings. The van der Waals surface area contributed by atoms with Crippen molar-refractivity contribution < 1.29 is 4.79 Å². The summed E-state index contributed by atoms with van der Waals surface area (Å²) >= 11 is 0. The van der Waals surface area contributed by atoms with Crippen LogP contribution in [0, 0.1) is 0 Å². The summed E-state index contributed by atoms with van der Waals surface area (Å²) in [6.45, 7) is 7.45. The molecule has 1 unspecified atom stereocenters. The number of nitrogens with two attached hydrogens (primary N) is 1. The van der Waals surface area contributed by atoms with Gasteiger partial charge in [0.2, 0.25) is 5.91 Å². The van der Waals surface area contributed by atoms with E-state index in [1.165, 1.54) is 0 Å². The molecular weight excluding hydrogens is 152 g/mol. The van der Waals surface area contributed by atoms with E-state index in [1.54, 1.807) is 18.0 Å². The first-order valence-corrected chi connectivity index (χ1v) is 4.13. The van der Waals surface area contributed by atoms with Gasteiger partial charge in [-0.15, -0.1) is 6.58 Å². The Morgan fingerprint density at radius 1 is 1.67 bits per heavy atom. The number of likely N-dealkylation sites (N-methyl/N-ethyl adjacent to an activating group) is 1. The van der Waals surface area contributed by atoms with E-state index in [9.17, 15) is 4.79 Å². The molecule has 3 nitrogen and oxygen atoms in total. The molecular formula is C9H18N2O. The predicted octanol–water partition coefficient (Wildman–Crippen LogP) is 0.757. The van der Waals surface area contributed by atoms with Crippen molar-refractivity contribution in [3.8, 4) is 0 Å². The van der Waals surface area contributed by atoms with E-state index in [-0.39, 0.29) is 11.9 Å². The molecule has 0 aliphatic heterocycles. The molecule has 3 heteroatoms. The highest BCUT2D eigenvalue weighted by molar-refractivity contribution is 5.81. The zero-order valence-electron chi connectivity index (χ0n) is 8.08. The second kappa shape index (κ2) is 4.93. The molecule has 0 spiro atoms. The minimum Gasteiger partial charge on any atom is -0.342 e. The number of amides is 1. The fourth-order valence-corrected chi connectivity index (χ4v) is 0.796. The summed E-state index contributed by atoms with van der Waals surface area (Å²) in [5.41, 5.74) is 5.60. The van der Waals surface area contributed by atoms with Crippen LogP contribution in [-0.4, -0.2) is 29.9 Å². The highest BCUT2D eigenvalue weighted by Crippen LogP contribution is 1.99. The minimum atomic E-state index is -0.435. The fraction of sp³-hybridized carbons (Fsp3) is 0.667. The van der Waals surface area contributed by atoms with Gasteiger partial charge in [0.25, 0.3) is 0 Å². The number of hydrogen-bond acceptors (Lipinski definition) is 2. The van der Waals surface area contributed by atoms with Crippen LogP contribution in [0.5, 0.6) is 0 Å². The third kappa shape index (κ3) is 3.05. The van der Waals surface area contributed by atoms with Crippen molar-refractivity contribution in [1.82, 2.24) is 4.90 Å². The second-order valence-corrected chi connectivity index (χ2v) is 3.17. The maximum atomic E-state index is 11.4. The van der Waals surface area contributed by atoms with E-state index < -0.39 is 6.04 Å². The van der Waals surface area contributed by atoms with Crippen molar-refractivity contribution in [3.63, 3.8) is 0 Å². The van der Waals surface area contributed by atoms with E-state index in [0.29, 0.717) is 6.42 Å². The molecule has 0 heterocycles. The number of carbonyl (C=O) groups excluding carboxylic acids is 1. The summed E-state index contributed by atoms with van der Waals surface area (Å²) in [5, 5.41) is 0. The highest BCUT2D eigenvalue weighted by Gasteiger charge is 2.17. The van der Waals surface area contributed by atoms with E-state index in [0.717, 1.165) is 0 Å². The third-order valence-electron chi connectivity index (χ3n) is 1.86. The van der Waals surface area contributed by atoms with Gasteiger partial charge in [0.05, 0.1) is 6.04 Å². The Morgan fingerprint density at radius 3 is 2.50 bits per heavy atom. The smallest absolute Gasteiger partial charge is 0.239 e. The number of rotatable bonds is 4. The van der Waals surface area contributed by atoms with E-state index >= 15 is 0 Å². The van der Waals surface area contributed by atoms with Crippen molar-refractivity contribution in [2.45, 2.75) is 32.4 Å². The Bertz CT molecular complexity index is 166. The first-order chi connectivity index (χ1) is 5.50. The van der Waals surface area contributed by atoms with Gasteiger partial charge in [-0.05, 0) is 20.3 Å². The number of carbonyl (C=O) groups is 1. The Labute approximate surface area is 74.2 Å². The molecule has 0 aliphatic carbocycles. The molecule has 1 amide bonds. The van der Waals surface area contributed by atoms with Crippen LogP contribution in [0.25, 0.3) is 0 Å². The van der Waals surface area contributed by atoms with Gasteiger partial charge in [-0.3, -0.25) is 4.79 Å². The Hall–Kier alpha value is -0.830. The quantitative estimate of drug-likeness (QED) is 0.633. The van der Waals surface area contributed by atoms with Gasteiger partial charge in [-0.2, -0.15) is 0 Å². The first kappa shape index (κ1) is 11.2. The van der Waals surface area contributed by atoms with Gasteiger partial charge in [0, 0.05) is 13.1 Å². The molecule has 0 aromatic carbocycles. The standard InChI is InChI=1S/C9H18N2O/c1-5-6-8(10)9(12)11(4)7(2)3/h5,7-8H,1,6,10H2,2-4H3. The average Bonchev–Trinajstić information content (AvgIpc) is 2.02. The molecule has 0 aliphatic rings. The molecule has 0 saturated carbocycles. The normalized spacial score (nSPS) is 12.8. The Kier molecular flexibility index (Phi) is 4.59. The number of nitrogens with zero attached hydrogens (tertiary/aromatic N) is 1. The van der Waals surface area contributed by atoms with Crippen molar-refractivity contribution >= 4 is 5.91 Å². The van der Waals surface area contributed by atoms with Crippen molar-refractivity contribution in [3.05, 3.63) is 12.7 Å². The van der Waals surface area contributed by atoms with E-state index in [4.69, 9.17) is 5.73 Å². The van der Waals surface area contributed by atoms with Gasteiger partial charge in [-0.1, -0.05) is 6.08 Å². The lowest BCUT2D eigenvalue weighted by atomic mass is 10.2. The Morgan fingerprint density at radius 2 is 2.17 bits per heavy atom. The molecule has 0 saturated heterocycles. The topological polar surface area (TPSA) is 46.3 Å². The lowest BCUT2D eigenvalue weighted by molar-refractivity contribution is -0.132. The van der Waals surface area contributed by atoms with Gasteiger partial charge in [0.15, 0.2) is 0 Å². The largest absolute Gasteiger partial charge is 0.342 e. The monoisotopic (exact) mass is 170 g/mol. The third-order valence-corrected chi connectivity index (χ3v) is 1.86. The van der Waals surface area contributed by atoms with Gasteiger partial charge in [-0.25, -0.2) is 0 Å². The summed E-state index contributed by atoms with van der Waals surface area (Å²) in [4.78, 5) is 13.1. The lowest BCUT2D eigenvalue weighted by Crippen LogP contribution is -2.44. The summed E-state index contributed by atoms with van der Waals surface area (Å²) in [5.74, 6) is -0.0232. The van der Waals surface area contributed by atoms with Crippen molar-refractivity contribution in [2.24, 2.45) is 5.73 Å². The molecule has 0 radical (unpaired) electrons. The first-order valence-electron chi connectivity index (χ1n) is 4.13. The molecule has 12 heavy (non-hydrogen) atoms. The lowest BCUT2D eigenvalue weighted by Gasteiger charge is -2.24. The molecule has 1 atom stereocenters. The van der Waals surface area contributed by atoms with Crippen LogP contribution in [0.1, 0.15) is 20.3 Å². The Balaban J connectivity index is 4.08. The van der Waals surface area contributed by atoms with Crippen LogP contribution in [0.15, 0.2) is 12.7 Å². The summed E-state index contributed by atoms with van der Waals surface area (Å²) in [6.07, 6.45) is 2.20. The highest BCUT2D eigenvalue weighted by atomic mass is 16.2. The van der Waals surface area contributed by atoms with Crippen LogP contribution in [0.3, 0.4) is 0 Å². The van der Waals surface area contributed by atoms with Crippen LogP contribution >= 0.6 is 0 Å². The van der Waals surface area contributed by atoms with Crippen LogP contribution in [-0.2, 0) is 4.79 Å². The van der Waals surface area contributed by atoms with Crippen molar-refractivity contribution in [1.29, 1.82) is 0 Å². The molecule has 2 N–H and O–H groups in total. The number of hydrogen-bond donors (Lipinski definition) is 1. The van der Waals surface area contributed by atoms with Gasteiger partial charge < -0.3 is 10.6 Å². The summed E-state index contributed by atoms with van der Waals surface area (Å²) in [7, 11) is 1.76. The zero-order chi connectivity index (χ0) is 9.72. The molecule has 0 rings (SSSR count). The summed E-state index contributed by atoms with van der Waals surface area (Å²) in [6, 6.07) is -0.233. The van der Waals surface area contributed by atoms with Crippen LogP contribution < -0.4 is 5.73 Å². The second-order valence-electron chi connectivity index (χ2n) is 3.17. The van der Waals surface area contributed by atoms with Crippen LogP contribution in [0.2, 0.25) is 0 Å². The van der Waals surface area contributed by atoms with E-state index in [2.05, 4.69) is 6.58 Å². The van der Waals surface area contributed by atoms with Gasteiger partial charge >= 0.3 is 0 Å².